The zero-order valence-electron chi connectivity index (χ0n) is 12.1. The van der Waals surface area contributed by atoms with Crippen molar-refractivity contribution in [1.29, 1.82) is 0 Å². The molecule has 0 atom stereocenters. The Kier molecular flexibility index (Phi) is 5.46. The van der Waals surface area contributed by atoms with Crippen LogP contribution in [0.1, 0.15) is 5.56 Å². The minimum atomic E-state index is -1.31. The number of benzene rings is 2. The van der Waals surface area contributed by atoms with Crippen molar-refractivity contribution in [3.63, 3.8) is 0 Å². The summed E-state index contributed by atoms with van der Waals surface area (Å²) in [4.78, 5) is 10.8. The van der Waals surface area contributed by atoms with E-state index in [0.717, 1.165) is 16.7 Å². The second-order valence-electron chi connectivity index (χ2n) is 4.66. The normalized spacial score (nSPS) is 11.6. The van der Waals surface area contributed by atoms with Gasteiger partial charge in [-0.2, -0.15) is 0 Å². The van der Waals surface area contributed by atoms with E-state index in [0.29, 0.717) is 5.02 Å². The smallest absolute Gasteiger partial charge is 0.357 e. The highest BCUT2D eigenvalue weighted by Gasteiger charge is 2.11. The van der Waals surface area contributed by atoms with Gasteiger partial charge in [-0.3, -0.25) is 5.43 Å². The summed E-state index contributed by atoms with van der Waals surface area (Å²) in [6, 6.07) is 15.0. The number of hydrogen-bond acceptors (Lipinski definition) is 5. The topological polar surface area (TPSA) is 111 Å². The summed E-state index contributed by atoms with van der Waals surface area (Å²) >= 11 is 6.16. The van der Waals surface area contributed by atoms with Crippen LogP contribution in [0.3, 0.4) is 0 Å². The number of halogens is 1. The molecular weight excluding hydrogens is 318 g/mol. The third kappa shape index (κ3) is 4.15. The maximum absolute atomic E-state index is 10.8. The van der Waals surface area contributed by atoms with E-state index in [-0.39, 0.29) is 12.5 Å². The van der Waals surface area contributed by atoms with E-state index >= 15 is 0 Å². The highest BCUT2D eigenvalue weighted by atomic mass is 35.5. The Morgan fingerprint density at radius 3 is 2.39 bits per heavy atom. The third-order valence-corrected chi connectivity index (χ3v) is 3.46. The van der Waals surface area contributed by atoms with Gasteiger partial charge in [0, 0.05) is 10.6 Å². The second kappa shape index (κ2) is 7.53. The van der Waals surface area contributed by atoms with Crippen LogP contribution in [-0.2, 0) is 16.1 Å². The first kappa shape index (κ1) is 16.7. The average Bonchev–Trinajstić information content (AvgIpc) is 2.56. The molecule has 0 aliphatic carbocycles. The molecule has 0 aromatic heterocycles. The number of carbonyl (C=O) groups is 1. The van der Waals surface area contributed by atoms with E-state index < -0.39 is 11.7 Å². The van der Waals surface area contributed by atoms with Crippen LogP contribution < -0.4 is 17.0 Å². The SMILES string of the molecule is NN/C(OCc1ccc(-c2ccccc2Cl)cc1)=C(\N)C(=O)O. The number of aliphatic carboxylic acids is 1. The van der Waals surface area contributed by atoms with Crippen molar-refractivity contribution in [2.24, 2.45) is 11.6 Å². The minimum absolute atomic E-state index is 0.121. The van der Waals surface area contributed by atoms with Crippen molar-refractivity contribution >= 4 is 17.6 Å². The summed E-state index contributed by atoms with van der Waals surface area (Å²) < 4.78 is 5.28. The van der Waals surface area contributed by atoms with Gasteiger partial charge in [0.15, 0.2) is 5.70 Å². The zero-order chi connectivity index (χ0) is 16.8. The molecule has 0 amide bonds. The molecule has 0 heterocycles. The van der Waals surface area contributed by atoms with Crippen molar-refractivity contribution in [3.8, 4) is 11.1 Å². The van der Waals surface area contributed by atoms with Gasteiger partial charge in [-0.1, -0.05) is 54.1 Å². The Morgan fingerprint density at radius 1 is 1.17 bits per heavy atom. The minimum Gasteiger partial charge on any atom is -0.476 e. The van der Waals surface area contributed by atoms with Crippen molar-refractivity contribution < 1.29 is 14.6 Å². The molecule has 2 aromatic carbocycles. The van der Waals surface area contributed by atoms with Gasteiger partial charge in [-0.15, -0.1) is 0 Å². The van der Waals surface area contributed by atoms with Gasteiger partial charge < -0.3 is 15.6 Å². The van der Waals surface area contributed by atoms with E-state index in [2.05, 4.69) is 5.43 Å². The largest absolute Gasteiger partial charge is 0.476 e. The summed E-state index contributed by atoms with van der Waals surface area (Å²) in [5.74, 6) is 3.70. The quantitative estimate of drug-likeness (QED) is 0.279. The van der Waals surface area contributed by atoms with Gasteiger partial charge in [-0.25, -0.2) is 10.6 Å². The number of nitrogens with two attached hydrogens (primary N) is 2. The van der Waals surface area contributed by atoms with Crippen LogP contribution in [0.2, 0.25) is 5.02 Å². The predicted octanol–water partition coefficient (Wildman–Crippen LogP) is 2.20. The molecule has 2 rings (SSSR count). The predicted molar refractivity (Wildman–Crippen MR) is 87.8 cm³/mol. The van der Waals surface area contributed by atoms with Gasteiger partial charge >= 0.3 is 5.97 Å². The Balaban J connectivity index is 2.11. The van der Waals surface area contributed by atoms with E-state index in [1.807, 2.05) is 48.5 Å². The fraction of sp³-hybridized carbons (Fsp3) is 0.0625. The molecular formula is C16H16ClN3O3. The standard InChI is InChI=1S/C16H16ClN3O3/c17-13-4-2-1-3-12(13)11-7-5-10(6-8-11)9-23-15(20-19)14(18)16(21)22/h1-8,20H,9,18-19H2,(H,21,22)/b15-14+. The van der Waals surface area contributed by atoms with Crippen LogP contribution in [-0.4, -0.2) is 11.1 Å². The van der Waals surface area contributed by atoms with E-state index in [4.69, 9.17) is 33.0 Å². The van der Waals surface area contributed by atoms with Crippen molar-refractivity contribution in [1.82, 2.24) is 5.43 Å². The van der Waals surface area contributed by atoms with Gasteiger partial charge in [0.2, 0.25) is 5.88 Å². The summed E-state index contributed by atoms with van der Waals surface area (Å²) in [6.45, 7) is 0.121. The Hall–Kier alpha value is -2.70. The number of hydrazine groups is 1. The number of ether oxygens (including phenoxy) is 1. The average molecular weight is 334 g/mol. The molecule has 6 nitrogen and oxygen atoms in total. The lowest BCUT2D eigenvalue weighted by atomic mass is 10.0. The summed E-state index contributed by atoms with van der Waals surface area (Å²) in [7, 11) is 0. The molecule has 0 spiro atoms. The second-order valence-corrected chi connectivity index (χ2v) is 5.06. The van der Waals surface area contributed by atoms with Gasteiger partial charge in [0.1, 0.15) is 6.61 Å². The highest BCUT2D eigenvalue weighted by Crippen LogP contribution is 2.27. The van der Waals surface area contributed by atoms with E-state index in [1.165, 1.54) is 0 Å². The lowest BCUT2D eigenvalue weighted by Gasteiger charge is -2.11. The number of hydrogen-bond donors (Lipinski definition) is 4. The van der Waals surface area contributed by atoms with Crippen molar-refractivity contribution in [2.45, 2.75) is 6.61 Å². The highest BCUT2D eigenvalue weighted by molar-refractivity contribution is 6.33. The molecule has 0 aliphatic heterocycles. The molecule has 7 heteroatoms. The fourth-order valence-corrected chi connectivity index (χ4v) is 2.17. The Morgan fingerprint density at radius 2 is 1.83 bits per heavy atom. The molecule has 6 N–H and O–H groups in total. The molecule has 0 aliphatic rings. The molecule has 120 valence electrons. The van der Waals surface area contributed by atoms with Crippen molar-refractivity contribution in [3.05, 3.63) is 70.7 Å². The van der Waals surface area contributed by atoms with Crippen LogP contribution in [0.25, 0.3) is 11.1 Å². The molecule has 0 saturated carbocycles. The molecule has 0 bridgehead atoms. The molecule has 0 fully saturated rings. The van der Waals surface area contributed by atoms with Crippen molar-refractivity contribution in [2.75, 3.05) is 0 Å². The Bertz CT molecular complexity index is 730. The maximum Gasteiger partial charge on any atom is 0.357 e. The number of rotatable bonds is 6. The number of carboxylic acids is 1. The maximum atomic E-state index is 10.8. The van der Waals surface area contributed by atoms with Crippen LogP contribution in [0.15, 0.2) is 60.1 Å². The van der Waals surface area contributed by atoms with E-state index in [9.17, 15) is 4.79 Å². The number of carboxylic acid groups (broad SMARTS) is 1. The zero-order valence-corrected chi connectivity index (χ0v) is 12.9. The fourth-order valence-electron chi connectivity index (χ4n) is 1.93. The van der Waals surface area contributed by atoms with Crippen LogP contribution in [0, 0.1) is 0 Å². The van der Waals surface area contributed by atoms with Crippen LogP contribution in [0.4, 0.5) is 0 Å². The first-order valence-electron chi connectivity index (χ1n) is 6.69. The van der Waals surface area contributed by atoms with Gasteiger partial charge in [0.25, 0.3) is 0 Å². The lowest BCUT2D eigenvalue weighted by Crippen LogP contribution is -2.29. The monoisotopic (exact) mass is 333 g/mol. The first-order valence-corrected chi connectivity index (χ1v) is 7.07. The third-order valence-electron chi connectivity index (χ3n) is 3.13. The summed E-state index contributed by atoms with van der Waals surface area (Å²) in [5.41, 5.74) is 9.72. The van der Waals surface area contributed by atoms with Gasteiger partial charge in [0.05, 0.1) is 0 Å². The molecule has 0 radical (unpaired) electrons. The first-order chi connectivity index (χ1) is 11.0. The van der Waals surface area contributed by atoms with E-state index in [1.54, 1.807) is 0 Å². The molecule has 2 aromatic rings. The van der Waals surface area contributed by atoms with Gasteiger partial charge in [-0.05, 0) is 17.2 Å². The summed E-state index contributed by atoms with van der Waals surface area (Å²) in [6.07, 6.45) is 0. The number of nitrogens with one attached hydrogen (secondary N) is 1. The molecule has 0 unspecified atom stereocenters. The Labute approximate surface area is 138 Å². The molecule has 0 saturated heterocycles. The van der Waals surface area contributed by atoms with Crippen LogP contribution >= 0.6 is 11.6 Å². The summed E-state index contributed by atoms with van der Waals surface area (Å²) in [5, 5.41) is 9.47. The lowest BCUT2D eigenvalue weighted by molar-refractivity contribution is -0.133. The molecule has 23 heavy (non-hydrogen) atoms. The van der Waals surface area contributed by atoms with Crippen LogP contribution in [0.5, 0.6) is 0 Å².